The smallest absolute Gasteiger partial charge is 0.251 e. The summed E-state index contributed by atoms with van der Waals surface area (Å²) < 4.78 is 12.0. The molecule has 4 aromatic rings. The molecule has 0 spiro atoms. The van der Waals surface area contributed by atoms with E-state index in [1.165, 1.54) is 4.90 Å². The Morgan fingerprint density at radius 1 is 1.00 bits per heavy atom. The van der Waals surface area contributed by atoms with Crippen molar-refractivity contribution in [1.82, 2.24) is 25.8 Å². The zero-order chi connectivity index (χ0) is 49.6. The van der Waals surface area contributed by atoms with Crippen molar-refractivity contribution in [2.24, 2.45) is 16.2 Å². The van der Waals surface area contributed by atoms with Crippen LogP contribution in [0.2, 0.25) is 5.02 Å². The summed E-state index contributed by atoms with van der Waals surface area (Å²) >= 11 is 7.84. The Morgan fingerprint density at radius 3 is 2.32 bits per heavy atom. The number of nitrogens with zero attached hydrogens (tertiary/aromatic N) is 3. The fourth-order valence-corrected chi connectivity index (χ4v) is 10.7. The first-order valence-electron chi connectivity index (χ1n) is 23.3. The second kappa shape index (κ2) is 21.8. The normalized spacial score (nSPS) is 19.9. The minimum absolute atomic E-state index is 0.0143. The topological polar surface area (TPSA) is 195 Å². The van der Waals surface area contributed by atoms with E-state index in [-0.39, 0.29) is 60.9 Å². The lowest BCUT2D eigenvalue weighted by atomic mass is 9.49. The molecule has 16 heteroatoms. The van der Waals surface area contributed by atoms with Crippen LogP contribution >= 0.6 is 22.9 Å². The highest BCUT2D eigenvalue weighted by Gasteiger charge is 2.64. The Kier molecular flexibility index (Phi) is 16.6. The van der Waals surface area contributed by atoms with Crippen LogP contribution in [0, 0.1) is 27.6 Å². The number of hydrogen-bond acceptors (Lipinski definition) is 11. The van der Waals surface area contributed by atoms with E-state index in [9.17, 15) is 29.5 Å². The number of amides is 4. The number of aliphatic hydroxyl groups is 1. The molecule has 1 aliphatic heterocycles. The zero-order valence-electron chi connectivity index (χ0n) is 40.6. The van der Waals surface area contributed by atoms with Gasteiger partial charge in [-0.1, -0.05) is 98.2 Å². The van der Waals surface area contributed by atoms with E-state index < -0.39 is 35.4 Å². The molecule has 1 saturated heterocycles. The van der Waals surface area contributed by atoms with Crippen molar-refractivity contribution in [2.75, 3.05) is 31.6 Å². The van der Waals surface area contributed by atoms with Crippen molar-refractivity contribution in [3.63, 3.8) is 0 Å². The number of anilines is 1. The molecule has 14 nitrogen and oxygen atoms in total. The summed E-state index contributed by atoms with van der Waals surface area (Å²) in [6.45, 7) is 19.0. The van der Waals surface area contributed by atoms with Crippen LogP contribution < -0.4 is 26.0 Å². The number of halogens is 1. The number of aromatic nitrogens is 1. The number of aliphatic hydroxyl groups excluding tert-OH is 1. The zero-order valence-corrected chi connectivity index (χ0v) is 42.1. The molecule has 1 saturated carbocycles. The first-order valence-corrected chi connectivity index (χ1v) is 24.5. The van der Waals surface area contributed by atoms with Crippen molar-refractivity contribution in [2.45, 2.75) is 124 Å². The lowest BCUT2D eigenvalue weighted by Gasteiger charge is -2.63. The second-order valence-electron chi connectivity index (χ2n) is 20.5. The van der Waals surface area contributed by atoms with Gasteiger partial charge in [-0.25, -0.2) is 4.98 Å². The van der Waals surface area contributed by atoms with Gasteiger partial charge < -0.3 is 40.7 Å². The number of rotatable bonds is 19. The standard InChI is InChI=1S/C52H66ClN7O7S/c1-31(2)42-43(68-30-57-42)33-14-12-32(13-15-33)27-56-46(64)40-24-37(61)28-60(40)47(65)44(50(3,4)5)58-41(62)29-66-23-11-10-22-55-36-19-16-34(17-20-36)45(63)59-48-51(6,7)49(52(48,8)9)67-38-21-18-35(26-54)39(53)25-38/h12-21,25,30-31,37,40,44,48-49,55,61H,10-11,22-24,27-29H2,1-9H3,(H,56,64)(H,58,62)(H,59,63)/t37-,40+,44?,48?,49?/m1/s1. The number of β-amino-alcohol motifs (C(OH)–C–C–N with tert-alkyl or cyclic N) is 1. The predicted octanol–water partition coefficient (Wildman–Crippen LogP) is 8.09. The number of nitrogens with one attached hydrogen (secondary N) is 4. The summed E-state index contributed by atoms with van der Waals surface area (Å²) in [6, 6.07) is 20.3. The average molecular weight is 969 g/mol. The lowest BCUT2D eigenvalue weighted by molar-refractivity contribution is -0.164. The Balaban J connectivity index is 0.899. The molecule has 5 N–H and O–H groups in total. The highest BCUT2D eigenvalue weighted by atomic mass is 35.5. The Morgan fingerprint density at radius 2 is 1.69 bits per heavy atom. The molecule has 2 aliphatic rings. The number of nitriles is 1. The molecule has 4 amide bonds. The number of carbonyl (C=O) groups is 4. The highest BCUT2D eigenvalue weighted by Crippen LogP contribution is 2.55. The SMILES string of the molecule is CC(C)c1ncsc1-c1ccc(CNC(=O)[C@@H]2C[C@@H](O)CN2C(=O)C(NC(=O)COCCCCNc2ccc(C(=O)NC3C(C)(C)C(Oc4ccc(C#N)c(Cl)c4)C3(C)C)cc2)C(C)(C)C)cc1. The van der Waals surface area contributed by atoms with Gasteiger partial charge >= 0.3 is 0 Å². The molecule has 2 heterocycles. The van der Waals surface area contributed by atoms with E-state index in [2.05, 4.69) is 73.9 Å². The fourth-order valence-electron chi connectivity index (χ4n) is 9.56. The number of benzene rings is 3. The summed E-state index contributed by atoms with van der Waals surface area (Å²) in [4.78, 5) is 61.0. The molecule has 1 aliphatic carbocycles. The molecule has 3 aromatic carbocycles. The van der Waals surface area contributed by atoms with Gasteiger partial charge in [-0.2, -0.15) is 5.26 Å². The molecular weight excluding hydrogens is 902 g/mol. The summed E-state index contributed by atoms with van der Waals surface area (Å²) in [5.41, 5.74) is 5.19. The van der Waals surface area contributed by atoms with Gasteiger partial charge in [0.15, 0.2) is 0 Å². The van der Waals surface area contributed by atoms with Crippen LogP contribution in [0.25, 0.3) is 10.4 Å². The number of carbonyl (C=O) groups excluding carboxylic acids is 4. The second-order valence-corrected chi connectivity index (χ2v) is 21.7. The average Bonchev–Trinajstić information content (AvgIpc) is 3.95. The van der Waals surface area contributed by atoms with E-state index >= 15 is 0 Å². The van der Waals surface area contributed by atoms with Crippen LogP contribution in [-0.4, -0.2) is 95.3 Å². The maximum atomic E-state index is 14.0. The number of ether oxygens (including phenoxy) is 2. The highest BCUT2D eigenvalue weighted by molar-refractivity contribution is 7.13. The molecule has 2 fully saturated rings. The summed E-state index contributed by atoms with van der Waals surface area (Å²) in [5.74, 6) is -0.549. The molecule has 3 atom stereocenters. The van der Waals surface area contributed by atoms with Crippen LogP contribution in [-0.2, 0) is 25.7 Å². The molecule has 1 aromatic heterocycles. The minimum atomic E-state index is -0.957. The quantitative estimate of drug-likeness (QED) is 0.0574. The van der Waals surface area contributed by atoms with Crippen LogP contribution in [0.4, 0.5) is 5.69 Å². The minimum Gasteiger partial charge on any atom is -0.489 e. The van der Waals surface area contributed by atoms with Crippen molar-refractivity contribution in [3.8, 4) is 22.3 Å². The summed E-state index contributed by atoms with van der Waals surface area (Å²) in [5, 5.41) is 32.5. The van der Waals surface area contributed by atoms with E-state index in [1.54, 1.807) is 41.7 Å². The van der Waals surface area contributed by atoms with Gasteiger partial charge in [-0.3, -0.25) is 19.2 Å². The lowest BCUT2D eigenvalue weighted by Crippen LogP contribution is -2.74. The van der Waals surface area contributed by atoms with Gasteiger partial charge in [0.05, 0.1) is 32.8 Å². The van der Waals surface area contributed by atoms with E-state index in [4.69, 9.17) is 21.1 Å². The molecule has 6 rings (SSSR count). The van der Waals surface area contributed by atoms with Crippen molar-refractivity contribution < 1.29 is 33.8 Å². The van der Waals surface area contributed by atoms with Gasteiger partial charge in [0.2, 0.25) is 17.7 Å². The molecule has 0 radical (unpaired) electrons. The molecular formula is C52H66ClN7O7S. The Bertz CT molecular complexity index is 2440. The van der Waals surface area contributed by atoms with Crippen LogP contribution in [0.1, 0.15) is 115 Å². The third kappa shape index (κ3) is 12.2. The van der Waals surface area contributed by atoms with Crippen molar-refractivity contribution in [3.05, 3.63) is 99.6 Å². The maximum Gasteiger partial charge on any atom is 0.251 e. The predicted molar refractivity (Wildman–Crippen MR) is 265 cm³/mol. The Labute approximate surface area is 409 Å². The van der Waals surface area contributed by atoms with Crippen molar-refractivity contribution >= 4 is 52.3 Å². The number of thiazole rings is 1. The van der Waals surface area contributed by atoms with Crippen LogP contribution in [0.15, 0.2) is 72.2 Å². The van der Waals surface area contributed by atoms with E-state index in [0.717, 1.165) is 33.8 Å². The molecule has 0 bridgehead atoms. The largest absolute Gasteiger partial charge is 0.489 e. The number of likely N-dealkylation sites (tertiary alicyclic amines) is 1. The third-order valence-corrected chi connectivity index (χ3v) is 14.2. The molecule has 1 unspecified atom stereocenters. The first-order chi connectivity index (χ1) is 32.1. The molecule has 364 valence electrons. The number of unbranched alkanes of at least 4 members (excludes halogenated alkanes) is 1. The monoisotopic (exact) mass is 967 g/mol. The van der Waals surface area contributed by atoms with Gasteiger partial charge in [-0.15, -0.1) is 11.3 Å². The van der Waals surface area contributed by atoms with Gasteiger partial charge in [0.25, 0.3) is 5.91 Å². The fraction of sp³-hybridized carbons (Fsp3) is 0.500. The molecule has 68 heavy (non-hydrogen) atoms. The first kappa shape index (κ1) is 51.9. The van der Waals surface area contributed by atoms with Gasteiger partial charge in [-0.05, 0) is 71.7 Å². The number of hydrogen-bond donors (Lipinski definition) is 5. The van der Waals surface area contributed by atoms with Gasteiger partial charge in [0.1, 0.15) is 36.6 Å². The third-order valence-electron chi connectivity index (χ3n) is 13.0. The van der Waals surface area contributed by atoms with E-state index in [1.807, 2.05) is 62.7 Å². The maximum absolute atomic E-state index is 14.0. The van der Waals surface area contributed by atoms with Gasteiger partial charge in [0, 0.05) is 66.9 Å². The summed E-state index contributed by atoms with van der Waals surface area (Å²) in [6.07, 6.45) is 0.450. The Hall–Kier alpha value is -5.53. The van der Waals surface area contributed by atoms with Crippen LogP contribution in [0.5, 0.6) is 5.75 Å². The van der Waals surface area contributed by atoms with E-state index in [0.29, 0.717) is 47.4 Å². The van der Waals surface area contributed by atoms with Crippen molar-refractivity contribution in [1.29, 1.82) is 5.26 Å². The van der Waals surface area contributed by atoms with Crippen LogP contribution in [0.3, 0.4) is 0 Å². The summed E-state index contributed by atoms with van der Waals surface area (Å²) in [7, 11) is 0.